The molecule has 0 amide bonds. The van der Waals surface area contributed by atoms with Gasteiger partial charge in [-0.3, -0.25) is 0 Å². The van der Waals surface area contributed by atoms with E-state index in [1.165, 1.54) is 12.8 Å². The zero-order valence-electron chi connectivity index (χ0n) is 13.4. The van der Waals surface area contributed by atoms with E-state index >= 15 is 0 Å². The van der Waals surface area contributed by atoms with Crippen molar-refractivity contribution in [1.29, 1.82) is 0 Å². The van der Waals surface area contributed by atoms with E-state index in [0.717, 1.165) is 25.6 Å². The normalized spacial score (nSPS) is 15.3. The van der Waals surface area contributed by atoms with Crippen molar-refractivity contribution in [1.82, 2.24) is 15.0 Å². The summed E-state index contributed by atoms with van der Waals surface area (Å²) < 4.78 is 5.23. The molecule has 7 nitrogen and oxygen atoms in total. The lowest BCUT2D eigenvalue weighted by molar-refractivity contribution is 0.158. The average Bonchev–Trinajstić information content (AvgIpc) is 2.91. The molecule has 1 aromatic rings. The molecule has 2 heterocycles. The third kappa shape index (κ3) is 4.42. The first-order valence-electron chi connectivity index (χ1n) is 7.56. The Balaban J connectivity index is 2.22. The van der Waals surface area contributed by atoms with E-state index in [1.807, 2.05) is 6.92 Å². The van der Waals surface area contributed by atoms with Crippen LogP contribution in [0.3, 0.4) is 0 Å². The van der Waals surface area contributed by atoms with E-state index < -0.39 is 0 Å². The van der Waals surface area contributed by atoms with Crippen LogP contribution in [-0.4, -0.2) is 53.8 Å². The predicted octanol–water partition coefficient (Wildman–Crippen LogP) is 1.74. The molecule has 1 aliphatic rings. The van der Waals surface area contributed by atoms with Gasteiger partial charge in [0, 0.05) is 26.7 Å². The van der Waals surface area contributed by atoms with Gasteiger partial charge in [-0.1, -0.05) is 0 Å². The van der Waals surface area contributed by atoms with Gasteiger partial charge in [-0.05, 0) is 33.6 Å². The molecule has 0 unspecified atom stereocenters. The van der Waals surface area contributed by atoms with Gasteiger partial charge in [-0.25, -0.2) is 0 Å². The van der Waals surface area contributed by atoms with Crippen molar-refractivity contribution < 1.29 is 4.74 Å². The summed E-state index contributed by atoms with van der Waals surface area (Å²) in [5.41, 5.74) is -0.234. The summed E-state index contributed by atoms with van der Waals surface area (Å²) in [5.74, 6) is 1.95. The van der Waals surface area contributed by atoms with Crippen LogP contribution in [-0.2, 0) is 4.74 Å². The monoisotopic (exact) mass is 294 g/mol. The maximum Gasteiger partial charge on any atom is 0.231 e. The summed E-state index contributed by atoms with van der Waals surface area (Å²) in [4.78, 5) is 15.7. The van der Waals surface area contributed by atoms with Gasteiger partial charge in [-0.15, -0.1) is 0 Å². The molecule has 7 heteroatoms. The number of anilines is 3. The van der Waals surface area contributed by atoms with Gasteiger partial charge in [0.25, 0.3) is 0 Å². The number of nitrogens with zero attached hydrogens (tertiary/aromatic N) is 4. The molecule has 21 heavy (non-hydrogen) atoms. The smallest absolute Gasteiger partial charge is 0.231 e. The molecule has 0 aliphatic carbocycles. The first kappa shape index (κ1) is 15.8. The molecule has 0 saturated carbocycles. The van der Waals surface area contributed by atoms with Crippen molar-refractivity contribution >= 4 is 17.8 Å². The highest BCUT2D eigenvalue weighted by Gasteiger charge is 2.22. The number of hydrogen-bond donors (Lipinski definition) is 2. The Hall–Kier alpha value is -1.63. The summed E-state index contributed by atoms with van der Waals surface area (Å²) >= 11 is 0. The van der Waals surface area contributed by atoms with Crippen LogP contribution in [0.15, 0.2) is 0 Å². The predicted molar refractivity (Wildman–Crippen MR) is 85.0 cm³/mol. The minimum Gasteiger partial charge on any atom is -0.382 e. The van der Waals surface area contributed by atoms with E-state index in [-0.39, 0.29) is 5.54 Å². The lowest BCUT2D eigenvalue weighted by Gasteiger charge is -2.26. The number of methoxy groups -OCH3 is 1. The van der Waals surface area contributed by atoms with Gasteiger partial charge >= 0.3 is 0 Å². The number of hydrogen-bond acceptors (Lipinski definition) is 7. The molecular weight excluding hydrogens is 268 g/mol. The van der Waals surface area contributed by atoms with E-state index in [2.05, 4.69) is 44.3 Å². The van der Waals surface area contributed by atoms with Gasteiger partial charge < -0.3 is 20.3 Å². The standard InChI is InChI=1S/C14H26N6O/c1-5-15-11-16-12(19-14(2,3)10-21-4)18-13(17-11)20-8-6-7-9-20/h5-10H2,1-4H3,(H2,15,16,17,18,19). The molecule has 2 N–H and O–H groups in total. The molecule has 1 fully saturated rings. The van der Waals surface area contributed by atoms with Gasteiger partial charge in [0.2, 0.25) is 17.8 Å². The SMILES string of the molecule is CCNc1nc(NC(C)(C)COC)nc(N2CCCC2)n1. The lowest BCUT2D eigenvalue weighted by atomic mass is 10.1. The second kappa shape index (κ2) is 6.89. The Bertz CT molecular complexity index is 459. The maximum absolute atomic E-state index is 5.23. The van der Waals surface area contributed by atoms with Gasteiger partial charge in [0.1, 0.15) is 0 Å². The van der Waals surface area contributed by atoms with Gasteiger partial charge in [0.15, 0.2) is 0 Å². The molecule has 0 aromatic carbocycles. The molecule has 1 aliphatic heterocycles. The Kier molecular flexibility index (Phi) is 5.17. The maximum atomic E-state index is 5.23. The molecule has 0 radical (unpaired) electrons. The van der Waals surface area contributed by atoms with Crippen LogP contribution in [0.25, 0.3) is 0 Å². The van der Waals surface area contributed by atoms with Crippen molar-refractivity contribution in [3.63, 3.8) is 0 Å². The fourth-order valence-corrected chi connectivity index (χ4v) is 2.42. The van der Waals surface area contributed by atoms with Crippen molar-refractivity contribution in [3.05, 3.63) is 0 Å². The Morgan fingerprint density at radius 2 is 1.81 bits per heavy atom. The van der Waals surface area contributed by atoms with Crippen molar-refractivity contribution in [3.8, 4) is 0 Å². The van der Waals surface area contributed by atoms with Crippen molar-refractivity contribution in [2.45, 2.75) is 39.2 Å². The fraction of sp³-hybridized carbons (Fsp3) is 0.786. The second-order valence-corrected chi connectivity index (χ2v) is 5.95. The summed E-state index contributed by atoms with van der Waals surface area (Å²) in [6, 6.07) is 0. The van der Waals surface area contributed by atoms with Crippen molar-refractivity contribution in [2.24, 2.45) is 0 Å². The van der Waals surface area contributed by atoms with Crippen LogP contribution in [0.5, 0.6) is 0 Å². The Labute approximate surface area is 126 Å². The number of ether oxygens (including phenoxy) is 1. The van der Waals surface area contributed by atoms with Gasteiger partial charge in [-0.2, -0.15) is 15.0 Å². The lowest BCUT2D eigenvalue weighted by Crippen LogP contribution is -2.37. The molecular formula is C14H26N6O. The minimum absolute atomic E-state index is 0.234. The zero-order valence-corrected chi connectivity index (χ0v) is 13.4. The molecule has 1 saturated heterocycles. The molecule has 1 aromatic heterocycles. The highest BCUT2D eigenvalue weighted by molar-refractivity contribution is 5.45. The topological polar surface area (TPSA) is 75.2 Å². The third-order valence-electron chi connectivity index (χ3n) is 3.30. The first-order chi connectivity index (χ1) is 10.0. The Morgan fingerprint density at radius 1 is 1.14 bits per heavy atom. The zero-order chi connectivity index (χ0) is 15.3. The van der Waals surface area contributed by atoms with E-state index in [1.54, 1.807) is 7.11 Å². The summed E-state index contributed by atoms with van der Waals surface area (Å²) in [7, 11) is 1.69. The number of nitrogens with one attached hydrogen (secondary N) is 2. The number of rotatable bonds is 7. The van der Waals surface area contributed by atoms with Crippen LogP contribution < -0.4 is 15.5 Å². The average molecular weight is 294 g/mol. The fourth-order valence-electron chi connectivity index (χ4n) is 2.42. The summed E-state index contributed by atoms with van der Waals surface area (Å²) in [5, 5.41) is 6.50. The molecule has 0 bridgehead atoms. The highest BCUT2D eigenvalue weighted by Crippen LogP contribution is 2.20. The van der Waals surface area contributed by atoms with Crippen LogP contribution in [0.2, 0.25) is 0 Å². The highest BCUT2D eigenvalue weighted by atomic mass is 16.5. The minimum atomic E-state index is -0.234. The second-order valence-electron chi connectivity index (χ2n) is 5.95. The van der Waals surface area contributed by atoms with E-state index in [9.17, 15) is 0 Å². The summed E-state index contributed by atoms with van der Waals surface area (Å²) in [6.07, 6.45) is 2.39. The molecule has 118 valence electrons. The Morgan fingerprint density at radius 3 is 2.43 bits per heavy atom. The number of aromatic nitrogens is 3. The third-order valence-corrected chi connectivity index (χ3v) is 3.30. The first-order valence-corrected chi connectivity index (χ1v) is 7.56. The van der Waals surface area contributed by atoms with Gasteiger partial charge in [0.05, 0.1) is 12.1 Å². The molecule has 0 spiro atoms. The van der Waals surface area contributed by atoms with E-state index in [0.29, 0.717) is 18.5 Å². The summed E-state index contributed by atoms with van der Waals surface area (Å²) in [6.45, 7) is 9.53. The van der Waals surface area contributed by atoms with E-state index in [4.69, 9.17) is 4.74 Å². The largest absolute Gasteiger partial charge is 0.382 e. The quantitative estimate of drug-likeness (QED) is 0.793. The van der Waals surface area contributed by atoms with Crippen LogP contribution in [0.1, 0.15) is 33.6 Å². The van der Waals surface area contributed by atoms with Crippen LogP contribution >= 0.6 is 0 Å². The van der Waals surface area contributed by atoms with Crippen molar-refractivity contribution in [2.75, 3.05) is 48.9 Å². The molecule has 0 atom stereocenters. The van der Waals surface area contributed by atoms with Crippen LogP contribution in [0, 0.1) is 0 Å². The van der Waals surface area contributed by atoms with Crippen LogP contribution in [0.4, 0.5) is 17.8 Å². The molecule has 2 rings (SSSR count).